The normalized spacial score (nSPS) is 22.7. The molecule has 2 atom stereocenters. The van der Waals surface area contributed by atoms with Crippen LogP contribution in [0.15, 0.2) is 72.9 Å². The SMILES string of the molecule is C=C(/C=C\C=C/C)CN1CC2CC2(c2cc(C=N)c(Nc3ccc(F)cc3)cc2C)C1. The summed E-state index contributed by atoms with van der Waals surface area (Å²) in [5.74, 6) is 0.419. The summed E-state index contributed by atoms with van der Waals surface area (Å²) in [6.07, 6.45) is 10.8. The Morgan fingerprint density at radius 1 is 1.29 bits per heavy atom. The highest BCUT2D eigenvalue weighted by atomic mass is 19.1. The Kier molecular flexibility index (Phi) is 5.92. The molecule has 1 aliphatic heterocycles. The lowest BCUT2D eigenvalue weighted by atomic mass is 9.88. The molecule has 0 aromatic heterocycles. The fourth-order valence-corrected chi connectivity index (χ4v) is 4.94. The number of hydrogen-bond donors (Lipinski definition) is 2. The predicted octanol–water partition coefficient (Wildman–Crippen LogP) is 6.14. The molecular weight excluding hydrogens is 385 g/mol. The van der Waals surface area contributed by atoms with Crippen molar-refractivity contribution in [2.24, 2.45) is 5.92 Å². The van der Waals surface area contributed by atoms with Crippen molar-refractivity contribution >= 4 is 17.6 Å². The van der Waals surface area contributed by atoms with Crippen molar-refractivity contribution < 1.29 is 4.39 Å². The van der Waals surface area contributed by atoms with Crippen LogP contribution >= 0.6 is 0 Å². The van der Waals surface area contributed by atoms with E-state index in [1.807, 2.05) is 25.2 Å². The Hall–Kier alpha value is -2.98. The van der Waals surface area contributed by atoms with Crippen LogP contribution in [0.4, 0.5) is 15.8 Å². The fourth-order valence-electron chi connectivity index (χ4n) is 4.94. The van der Waals surface area contributed by atoms with Gasteiger partial charge in [0.25, 0.3) is 0 Å². The summed E-state index contributed by atoms with van der Waals surface area (Å²) in [5, 5.41) is 11.3. The monoisotopic (exact) mass is 415 g/mol. The molecular formula is C27H30FN3. The van der Waals surface area contributed by atoms with E-state index in [1.165, 1.54) is 35.9 Å². The molecule has 2 N–H and O–H groups in total. The Morgan fingerprint density at radius 2 is 2.06 bits per heavy atom. The molecule has 31 heavy (non-hydrogen) atoms. The second kappa shape index (κ2) is 8.64. The van der Waals surface area contributed by atoms with Crippen LogP contribution in [0.3, 0.4) is 0 Å². The number of fused-ring (bicyclic) bond motifs is 1. The summed E-state index contributed by atoms with van der Waals surface area (Å²) >= 11 is 0. The average molecular weight is 416 g/mol. The van der Waals surface area contributed by atoms with Gasteiger partial charge in [0.05, 0.1) is 0 Å². The molecule has 0 radical (unpaired) electrons. The van der Waals surface area contributed by atoms with Crippen LogP contribution in [0.25, 0.3) is 0 Å². The number of nitrogens with zero attached hydrogens (tertiary/aromatic N) is 1. The highest BCUT2D eigenvalue weighted by Gasteiger charge is 2.61. The van der Waals surface area contributed by atoms with Gasteiger partial charge in [0.2, 0.25) is 0 Å². The molecule has 2 unspecified atom stereocenters. The van der Waals surface area contributed by atoms with Crippen molar-refractivity contribution in [2.45, 2.75) is 25.7 Å². The smallest absolute Gasteiger partial charge is 0.123 e. The second-order valence-corrected chi connectivity index (χ2v) is 8.80. The third kappa shape index (κ3) is 4.40. The Balaban J connectivity index is 1.52. The quantitative estimate of drug-likeness (QED) is 0.402. The first-order valence-electron chi connectivity index (χ1n) is 10.8. The predicted molar refractivity (Wildman–Crippen MR) is 128 cm³/mol. The van der Waals surface area contributed by atoms with Gasteiger partial charge in [-0.1, -0.05) is 30.9 Å². The Morgan fingerprint density at radius 3 is 2.77 bits per heavy atom. The van der Waals surface area contributed by atoms with Crippen LogP contribution in [0, 0.1) is 24.1 Å². The minimum Gasteiger partial charge on any atom is -0.355 e. The standard InChI is InChI=1S/C27H30FN3/c1-4-5-6-7-19(2)16-31-17-22-14-27(22,18-31)25-13-21(15-29)26(12-20(25)3)30-24-10-8-23(28)9-11-24/h4-13,15,22,29-30H,2,14,16-18H2,1,3H3/b5-4-,7-6-,29-15?. The molecule has 4 rings (SSSR count). The maximum absolute atomic E-state index is 13.2. The maximum atomic E-state index is 13.2. The lowest BCUT2D eigenvalue weighted by molar-refractivity contribution is 0.325. The molecule has 0 spiro atoms. The number of nitrogens with one attached hydrogen (secondary N) is 2. The average Bonchev–Trinajstić information content (AvgIpc) is 3.31. The number of piperidine rings is 1. The number of halogens is 1. The van der Waals surface area contributed by atoms with E-state index in [0.717, 1.165) is 42.1 Å². The van der Waals surface area contributed by atoms with E-state index in [2.05, 4.69) is 41.9 Å². The van der Waals surface area contributed by atoms with Crippen molar-refractivity contribution in [3.63, 3.8) is 0 Å². The first-order chi connectivity index (χ1) is 14.9. The van der Waals surface area contributed by atoms with E-state index in [-0.39, 0.29) is 11.2 Å². The topological polar surface area (TPSA) is 39.1 Å². The highest BCUT2D eigenvalue weighted by molar-refractivity contribution is 5.88. The molecule has 1 heterocycles. The summed E-state index contributed by atoms with van der Waals surface area (Å²) in [6.45, 7) is 11.4. The summed E-state index contributed by atoms with van der Waals surface area (Å²) in [5.41, 5.74) is 6.49. The van der Waals surface area contributed by atoms with Gasteiger partial charge in [-0.25, -0.2) is 4.39 Å². The molecule has 1 aliphatic carbocycles. The van der Waals surface area contributed by atoms with Gasteiger partial charge in [0.1, 0.15) is 5.82 Å². The highest BCUT2D eigenvalue weighted by Crippen LogP contribution is 2.60. The first-order valence-corrected chi connectivity index (χ1v) is 10.8. The number of aryl methyl sites for hydroxylation is 1. The number of hydrogen-bond acceptors (Lipinski definition) is 3. The van der Waals surface area contributed by atoms with Crippen LogP contribution in [-0.4, -0.2) is 30.7 Å². The van der Waals surface area contributed by atoms with Crippen LogP contribution in [0.5, 0.6) is 0 Å². The van der Waals surface area contributed by atoms with Gasteiger partial charge in [-0.15, -0.1) is 0 Å². The molecule has 2 aliphatic rings. The van der Waals surface area contributed by atoms with Crippen molar-refractivity contribution in [1.82, 2.24) is 4.90 Å². The van der Waals surface area contributed by atoms with Crippen molar-refractivity contribution in [3.8, 4) is 0 Å². The summed E-state index contributed by atoms with van der Waals surface area (Å²) in [6, 6.07) is 10.6. The molecule has 2 aromatic rings. The van der Waals surface area contributed by atoms with E-state index >= 15 is 0 Å². The van der Waals surface area contributed by atoms with Gasteiger partial charge in [0, 0.05) is 48.2 Å². The number of allylic oxidation sites excluding steroid dienone is 3. The number of anilines is 2. The second-order valence-electron chi connectivity index (χ2n) is 8.80. The lowest BCUT2D eigenvalue weighted by Gasteiger charge is -2.23. The molecule has 2 aromatic carbocycles. The molecule has 1 saturated carbocycles. The molecule has 0 amide bonds. The first kappa shape index (κ1) is 21.3. The van der Waals surface area contributed by atoms with Gasteiger partial charge in [-0.05, 0) is 79.3 Å². The van der Waals surface area contributed by atoms with Crippen molar-refractivity contribution in [3.05, 3.63) is 95.4 Å². The zero-order valence-corrected chi connectivity index (χ0v) is 18.3. The zero-order valence-electron chi connectivity index (χ0n) is 18.3. The Labute approximate surface area is 184 Å². The van der Waals surface area contributed by atoms with E-state index in [4.69, 9.17) is 5.41 Å². The maximum Gasteiger partial charge on any atom is 0.123 e. The minimum atomic E-state index is -0.256. The van der Waals surface area contributed by atoms with Crippen molar-refractivity contribution in [1.29, 1.82) is 5.41 Å². The summed E-state index contributed by atoms with van der Waals surface area (Å²) in [4.78, 5) is 2.50. The van der Waals surface area contributed by atoms with E-state index in [1.54, 1.807) is 12.1 Å². The van der Waals surface area contributed by atoms with Crippen LogP contribution in [-0.2, 0) is 5.41 Å². The third-order valence-electron chi connectivity index (χ3n) is 6.49. The third-order valence-corrected chi connectivity index (χ3v) is 6.49. The van der Waals surface area contributed by atoms with Crippen LogP contribution < -0.4 is 5.32 Å². The molecule has 2 fully saturated rings. The molecule has 0 bridgehead atoms. The molecule has 4 heteroatoms. The van der Waals surface area contributed by atoms with E-state index < -0.39 is 0 Å². The van der Waals surface area contributed by atoms with Gasteiger partial charge in [0.15, 0.2) is 0 Å². The van der Waals surface area contributed by atoms with Crippen LogP contribution in [0.2, 0.25) is 0 Å². The molecule has 160 valence electrons. The largest absolute Gasteiger partial charge is 0.355 e. The van der Waals surface area contributed by atoms with Gasteiger partial charge in [-0.3, -0.25) is 4.90 Å². The van der Waals surface area contributed by atoms with E-state index in [9.17, 15) is 4.39 Å². The summed E-state index contributed by atoms with van der Waals surface area (Å²) < 4.78 is 13.2. The number of rotatable bonds is 8. The molecule has 1 saturated heterocycles. The lowest BCUT2D eigenvalue weighted by Crippen LogP contribution is -2.28. The number of likely N-dealkylation sites (tertiary alicyclic amines) is 1. The van der Waals surface area contributed by atoms with Crippen molar-refractivity contribution in [2.75, 3.05) is 25.0 Å². The van der Waals surface area contributed by atoms with Gasteiger partial charge >= 0.3 is 0 Å². The van der Waals surface area contributed by atoms with Gasteiger partial charge < -0.3 is 10.7 Å². The number of benzene rings is 2. The fraction of sp³-hybridized carbons (Fsp3) is 0.296. The van der Waals surface area contributed by atoms with Gasteiger partial charge in [-0.2, -0.15) is 0 Å². The minimum absolute atomic E-state index is 0.198. The zero-order chi connectivity index (χ0) is 22.0. The van der Waals surface area contributed by atoms with E-state index in [0.29, 0.717) is 5.92 Å². The van der Waals surface area contributed by atoms with Crippen LogP contribution in [0.1, 0.15) is 30.0 Å². The molecule has 3 nitrogen and oxygen atoms in total. The Bertz CT molecular complexity index is 1050. The summed E-state index contributed by atoms with van der Waals surface area (Å²) in [7, 11) is 0.